The van der Waals surface area contributed by atoms with Crippen molar-refractivity contribution >= 4 is 39.5 Å². The number of rotatable bonds is 1. The van der Waals surface area contributed by atoms with Gasteiger partial charge in [-0.2, -0.15) is 0 Å². The number of aromatic nitrogens is 1. The number of hydrogen-bond acceptors (Lipinski definition) is 1. The first kappa shape index (κ1) is 13.3. The molecule has 2 heterocycles. The van der Waals surface area contributed by atoms with Crippen molar-refractivity contribution in [1.29, 1.82) is 0 Å². The second-order valence-corrected chi connectivity index (χ2v) is 7.45. The molecular weight excluding hydrogens is 335 g/mol. The minimum atomic E-state index is 0.228. The predicted octanol–water partition coefficient (Wildman–Crippen LogP) is 4.97. The van der Waals surface area contributed by atoms with Crippen molar-refractivity contribution in [1.82, 2.24) is 4.98 Å². The van der Waals surface area contributed by atoms with Crippen LogP contribution >= 0.6 is 0 Å². The second-order valence-electron chi connectivity index (χ2n) is 5.25. The van der Waals surface area contributed by atoms with E-state index in [9.17, 15) is 0 Å². The van der Waals surface area contributed by atoms with Gasteiger partial charge in [0.1, 0.15) is 0 Å². The summed E-state index contributed by atoms with van der Waals surface area (Å²) in [5.41, 5.74) is 4.07. The van der Waals surface area contributed by atoms with Crippen molar-refractivity contribution in [2.24, 2.45) is 0 Å². The maximum atomic E-state index is 7.31. The summed E-state index contributed by atoms with van der Waals surface area (Å²) in [6.45, 7) is 9.32. The summed E-state index contributed by atoms with van der Waals surface area (Å²) >= 11 is 0.228. The molecule has 0 amide bonds. The van der Waals surface area contributed by atoms with E-state index in [1.165, 1.54) is 24.9 Å². The summed E-state index contributed by atoms with van der Waals surface area (Å²) < 4.78 is 2.69. The third-order valence-electron chi connectivity index (χ3n) is 3.88. The van der Waals surface area contributed by atoms with Crippen LogP contribution in [0.25, 0.3) is 35.4 Å². The topological polar surface area (TPSA) is 17.2 Å². The van der Waals surface area contributed by atoms with Crippen molar-refractivity contribution in [3.63, 3.8) is 0 Å². The molecule has 0 N–H and O–H groups in total. The fourth-order valence-corrected chi connectivity index (χ4v) is 5.39. The van der Waals surface area contributed by atoms with Gasteiger partial charge in [0.05, 0.1) is 0 Å². The van der Waals surface area contributed by atoms with Gasteiger partial charge in [0.25, 0.3) is 0 Å². The third-order valence-corrected chi connectivity index (χ3v) is 6.40. The van der Waals surface area contributed by atoms with Crippen LogP contribution in [0.2, 0.25) is 0 Å². The molecule has 104 valence electrons. The first-order valence-corrected chi connectivity index (χ1v) is 8.74. The van der Waals surface area contributed by atoms with Gasteiger partial charge in [0.15, 0.2) is 0 Å². The molecule has 4 aromatic rings. The predicted molar refractivity (Wildman–Crippen MR) is 92.6 cm³/mol. The van der Waals surface area contributed by atoms with E-state index in [-0.39, 0.29) is 14.5 Å². The molecule has 0 fully saturated rings. The van der Waals surface area contributed by atoms with Crippen LogP contribution in [0.15, 0.2) is 54.7 Å². The number of hydrogen-bond donors (Lipinski definition) is 0. The summed E-state index contributed by atoms with van der Waals surface area (Å²) in [7, 11) is 0. The normalized spacial score (nSPS) is 10.9. The summed E-state index contributed by atoms with van der Waals surface area (Å²) in [5.74, 6) is 0. The molecule has 2 aromatic carbocycles. The molecule has 0 unspecified atom stereocenters. The summed E-state index contributed by atoms with van der Waals surface area (Å²) in [5, 5.41) is 2.59. The summed E-state index contributed by atoms with van der Waals surface area (Å²) in [4.78, 5) is 8.14. The zero-order chi connectivity index (χ0) is 15.1. The molecule has 3 heteroatoms. The Morgan fingerprint density at radius 3 is 2.73 bits per heavy atom. The van der Waals surface area contributed by atoms with Crippen molar-refractivity contribution in [3.05, 3.63) is 71.7 Å². The second kappa shape index (κ2) is 5.10. The molecule has 0 aliphatic rings. The molecule has 2 nitrogen and oxygen atoms in total. The summed E-state index contributed by atoms with van der Waals surface area (Å²) in [6, 6.07) is 16.7. The Labute approximate surface area is 134 Å². The molecule has 2 aromatic heterocycles. The number of pyridine rings is 1. The Hall–Kier alpha value is -2.40. The van der Waals surface area contributed by atoms with Crippen molar-refractivity contribution in [3.8, 4) is 11.3 Å². The Morgan fingerprint density at radius 2 is 1.95 bits per heavy atom. The number of fused-ring (bicyclic) bond motifs is 3. The van der Waals surface area contributed by atoms with Crippen molar-refractivity contribution in [2.45, 2.75) is 6.92 Å². The van der Waals surface area contributed by atoms with Gasteiger partial charge in [-0.3, -0.25) is 0 Å². The van der Waals surface area contributed by atoms with Gasteiger partial charge in [-0.1, -0.05) is 0 Å². The molecule has 0 saturated heterocycles. The van der Waals surface area contributed by atoms with Gasteiger partial charge in [-0.05, 0) is 0 Å². The van der Waals surface area contributed by atoms with Crippen LogP contribution < -0.4 is 0 Å². The van der Waals surface area contributed by atoms with Crippen LogP contribution in [0.4, 0.5) is 5.69 Å². The van der Waals surface area contributed by atoms with Gasteiger partial charge in [0, 0.05) is 0 Å². The zero-order valence-electron chi connectivity index (χ0n) is 12.0. The average Bonchev–Trinajstić information content (AvgIpc) is 2.92. The molecule has 0 aliphatic heterocycles. The zero-order valence-corrected chi connectivity index (χ0v) is 13.7. The van der Waals surface area contributed by atoms with E-state index >= 15 is 0 Å². The molecule has 0 bridgehead atoms. The van der Waals surface area contributed by atoms with E-state index < -0.39 is 0 Å². The Morgan fingerprint density at radius 1 is 1.05 bits per heavy atom. The van der Waals surface area contributed by atoms with Crippen molar-refractivity contribution in [2.75, 3.05) is 0 Å². The molecule has 0 spiro atoms. The van der Waals surface area contributed by atoms with Gasteiger partial charge in [0.2, 0.25) is 0 Å². The minimum absolute atomic E-state index is 0.228. The molecule has 4 rings (SSSR count). The number of benzene rings is 2. The van der Waals surface area contributed by atoms with E-state index in [0.29, 0.717) is 0 Å². The van der Waals surface area contributed by atoms with E-state index in [1.807, 2.05) is 25.3 Å². The Balaban J connectivity index is 2.10. The molecule has 0 radical (unpaired) electrons. The number of nitrogens with zero attached hydrogens (tertiary/aromatic N) is 2. The van der Waals surface area contributed by atoms with Gasteiger partial charge < -0.3 is 0 Å². The van der Waals surface area contributed by atoms with Gasteiger partial charge in [-0.25, -0.2) is 0 Å². The van der Waals surface area contributed by atoms with E-state index in [0.717, 1.165) is 16.9 Å². The summed E-state index contributed by atoms with van der Waals surface area (Å²) in [6.07, 6.45) is 1.84. The molecule has 22 heavy (non-hydrogen) atoms. The Bertz CT molecular complexity index is 1040. The van der Waals surface area contributed by atoms with E-state index in [2.05, 4.69) is 46.2 Å². The van der Waals surface area contributed by atoms with E-state index in [4.69, 9.17) is 6.57 Å². The fraction of sp³-hybridized carbons (Fsp3) is 0.0526. The molecule has 0 atom stereocenters. The first-order chi connectivity index (χ1) is 10.8. The average molecular weight is 347 g/mol. The van der Waals surface area contributed by atoms with Gasteiger partial charge >= 0.3 is 134 Å². The number of aryl methyl sites for hydroxylation is 1. The molecule has 0 saturated carbocycles. The molecule has 0 aliphatic carbocycles. The van der Waals surface area contributed by atoms with Crippen LogP contribution in [-0.2, 0) is 0 Å². The Kier molecular flexibility index (Phi) is 3.08. The van der Waals surface area contributed by atoms with Crippen molar-refractivity contribution < 1.29 is 0 Å². The standard InChI is InChI=1S/C19H12N2Se/c1-12-10-15-13-6-5-7-14(16-8-3-4-9-21-16)19(13)22-18(15)11-17(12)20-2/h3-11H,1H3. The molecular formula is C19H12N2Se. The quantitative estimate of drug-likeness (QED) is 0.351. The monoisotopic (exact) mass is 348 g/mol. The van der Waals surface area contributed by atoms with Gasteiger partial charge in [-0.15, -0.1) is 0 Å². The third kappa shape index (κ3) is 1.97. The van der Waals surface area contributed by atoms with Crippen LogP contribution in [-0.4, -0.2) is 19.5 Å². The SMILES string of the molecule is [C-]#[N+]c1cc2[se]c3c(-c4ccccn4)cccc3c2cc1C. The van der Waals surface area contributed by atoms with Crippen LogP contribution in [0, 0.1) is 13.5 Å². The van der Waals surface area contributed by atoms with Crippen LogP contribution in [0.5, 0.6) is 0 Å². The van der Waals surface area contributed by atoms with E-state index in [1.54, 1.807) is 0 Å². The maximum absolute atomic E-state index is 7.31. The fourth-order valence-electron chi connectivity index (χ4n) is 2.79. The van der Waals surface area contributed by atoms with Crippen LogP contribution in [0.3, 0.4) is 0 Å². The van der Waals surface area contributed by atoms with Crippen LogP contribution in [0.1, 0.15) is 5.56 Å². The first-order valence-electron chi connectivity index (χ1n) is 7.02.